The molecule has 1 spiro atoms. The van der Waals surface area contributed by atoms with Crippen molar-refractivity contribution in [2.75, 3.05) is 38.3 Å². The molecule has 9 heteroatoms. The summed E-state index contributed by atoms with van der Waals surface area (Å²) in [5.74, 6) is -2.33. The second kappa shape index (κ2) is 8.31. The molecule has 1 unspecified atom stereocenters. The summed E-state index contributed by atoms with van der Waals surface area (Å²) < 4.78 is 17.0. The lowest BCUT2D eigenvalue weighted by Gasteiger charge is -2.35. The normalized spacial score (nSPS) is 33.1. The number of esters is 1. The summed E-state index contributed by atoms with van der Waals surface area (Å²) in [7, 11) is 1.57. The number of hydrogen-bond donors (Lipinski definition) is 1. The van der Waals surface area contributed by atoms with Crippen molar-refractivity contribution in [1.82, 2.24) is 4.90 Å². The first-order chi connectivity index (χ1) is 16.0. The molecule has 1 aromatic rings. The number of carbonyl (C=O) groups is 3. The molecule has 0 aliphatic carbocycles. The van der Waals surface area contributed by atoms with Crippen molar-refractivity contribution in [3.63, 3.8) is 0 Å². The fourth-order valence-corrected chi connectivity index (χ4v) is 5.45. The molecule has 1 N–H and O–H groups in total. The number of amides is 2. The third kappa shape index (κ3) is 3.26. The predicted octanol–water partition coefficient (Wildman–Crippen LogP) is 0.674. The second-order valence-corrected chi connectivity index (χ2v) is 8.53. The van der Waals surface area contributed by atoms with Gasteiger partial charge in [0.25, 0.3) is 5.91 Å². The number of hydrogen-bond acceptors (Lipinski definition) is 7. The number of ether oxygens (including phenoxy) is 3. The minimum absolute atomic E-state index is 0.0383. The summed E-state index contributed by atoms with van der Waals surface area (Å²) in [5.41, 5.74) is -0.682. The molecule has 0 saturated carbocycles. The molecule has 2 saturated heterocycles. The largest absolute Gasteiger partial charge is 0.497 e. The van der Waals surface area contributed by atoms with Crippen molar-refractivity contribution < 1.29 is 33.7 Å². The van der Waals surface area contributed by atoms with Crippen molar-refractivity contribution in [3.05, 3.63) is 48.6 Å². The highest BCUT2D eigenvalue weighted by Gasteiger charge is 2.71. The molecule has 4 aliphatic heterocycles. The van der Waals surface area contributed by atoms with Gasteiger partial charge in [0, 0.05) is 18.8 Å². The Morgan fingerprint density at radius 1 is 1.15 bits per heavy atom. The number of fused-ring (bicyclic) bond motifs is 2. The lowest BCUT2D eigenvalue weighted by molar-refractivity contribution is -0.154. The van der Waals surface area contributed by atoms with Crippen LogP contribution in [0.4, 0.5) is 5.69 Å². The minimum atomic E-state index is -1.33. The van der Waals surface area contributed by atoms with Crippen LogP contribution in [0.5, 0.6) is 5.75 Å². The first-order valence-electron chi connectivity index (χ1n) is 11.1. The van der Waals surface area contributed by atoms with Gasteiger partial charge in [0.05, 0.1) is 32.3 Å². The molecule has 5 atom stereocenters. The Hall–Kier alpha value is -3.17. The van der Waals surface area contributed by atoms with E-state index in [4.69, 9.17) is 14.2 Å². The van der Waals surface area contributed by atoms with Gasteiger partial charge in [0.15, 0.2) is 0 Å². The van der Waals surface area contributed by atoms with E-state index in [1.165, 1.54) is 4.90 Å². The lowest BCUT2D eigenvalue weighted by atomic mass is 9.77. The Labute approximate surface area is 191 Å². The molecule has 174 valence electrons. The zero-order valence-electron chi connectivity index (χ0n) is 18.3. The molecule has 0 radical (unpaired) electrons. The fraction of sp³-hybridized carbons (Fsp3) is 0.458. The Bertz CT molecular complexity index is 1020. The average molecular weight is 454 g/mol. The number of β-amino-alcohol motifs (C(OH)–C–C–N with tert-alkyl or cyclic N) is 1. The van der Waals surface area contributed by atoms with Crippen molar-refractivity contribution in [1.29, 1.82) is 0 Å². The van der Waals surface area contributed by atoms with Crippen LogP contribution in [-0.4, -0.2) is 79.0 Å². The van der Waals surface area contributed by atoms with E-state index in [9.17, 15) is 19.5 Å². The van der Waals surface area contributed by atoms with Gasteiger partial charge >= 0.3 is 5.97 Å². The number of methoxy groups -OCH3 is 1. The Kier molecular flexibility index (Phi) is 5.46. The van der Waals surface area contributed by atoms with Gasteiger partial charge in [-0.05, 0) is 30.7 Å². The monoisotopic (exact) mass is 454 g/mol. The Balaban J connectivity index is 1.59. The molecule has 2 amide bonds. The van der Waals surface area contributed by atoms with Crippen LogP contribution in [0.3, 0.4) is 0 Å². The number of benzene rings is 1. The third-order valence-corrected chi connectivity index (χ3v) is 6.85. The van der Waals surface area contributed by atoms with Crippen molar-refractivity contribution in [2.45, 2.75) is 24.2 Å². The first kappa shape index (κ1) is 21.7. The first-order valence-corrected chi connectivity index (χ1v) is 11.1. The molecular weight excluding hydrogens is 428 g/mol. The molecular formula is C24H26N2O7. The van der Waals surface area contributed by atoms with Crippen LogP contribution < -0.4 is 9.64 Å². The van der Waals surface area contributed by atoms with E-state index >= 15 is 0 Å². The zero-order valence-corrected chi connectivity index (χ0v) is 18.3. The Morgan fingerprint density at radius 3 is 2.67 bits per heavy atom. The third-order valence-electron chi connectivity index (χ3n) is 6.85. The van der Waals surface area contributed by atoms with Crippen LogP contribution in [0, 0.1) is 11.8 Å². The minimum Gasteiger partial charge on any atom is -0.497 e. The molecule has 5 rings (SSSR count). The zero-order chi connectivity index (χ0) is 23.2. The molecule has 0 aromatic heterocycles. The highest BCUT2D eigenvalue weighted by molar-refractivity contribution is 6.05. The number of aliphatic hydroxyl groups excluding tert-OH is 1. The van der Waals surface area contributed by atoms with Gasteiger partial charge in [-0.2, -0.15) is 0 Å². The standard InChI is InChI=1S/C24H26N2O7/c1-31-16-8-6-15(7-9-16)25-11-4-10-24-19(21(28)26(12-13-27)20(24)22(25)29)18-17(33-24)5-2-3-14-32-23(18)30/h2,4-10,17-20,27H,3,11-14H2,1H3/t17-,18+,19+,20?,24+/m1/s1. The topological polar surface area (TPSA) is 106 Å². The molecule has 1 aromatic carbocycles. The van der Waals surface area contributed by atoms with Gasteiger partial charge in [0.2, 0.25) is 5.91 Å². The number of carbonyl (C=O) groups excluding carboxylic acids is 3. The van der Waals surface area contributed by atoms with Crippen LogP contribution in [0.1, 0.15) is 6.42 Å². The number of anilines is 1. The average Bonchev–Trinajstić information content (AvgIpc) is 3.18. The molecule has 4 heterocycles. The molecule has 33 heavy (non-hydrogen) atoms. The molecule has 2 fully saturated rings. The summed E-state index contributed by atoms with van der Waals surface area (Å²) in [6.45, 7) is 0.152. The van der Waals surface area contributed by atoms with E-state index in [0.29, 0.717) is 17.9 Å². The molecule has 9 nitrogen and oxygen atoms in total. The summed E-state index contributed by atoms with van der Waals surface area (Å²) in [6.07, 6.45) is 7.12. The van der Waals surface area contributed by atoms with E-state index in [-0.39, 0.29) is 38.1 Å². The van der Waals surface area contributed by atoms with Gasteiger partial charge < -0.3 is 29.1 Å². The number of likely N-dealkylation sites (tertiary alicyclic amines) is 1. The maximum Gasteiger partial charge on any atom is 0.312 e. The summed E-state index contributed by atoms with van der Waals surface area (Å²) in [6, 6.07) is 6.05. The van der Waals surface area contributed by atoms with Crippen molar-refractivity contribution in [3.8, 4) is 5.75 Å². The van der Waals surface area contributed by atoms with Crippen LogP contribution in [0.25, 0.3) is 0 Å². The summed E-state index contributed by atoms with van der Waals surface area (Å²) >= 11 is 0. The smallest absolute Gasteiger partial charge is 0.312 e. The number of cyclic esters (lactones) is 1. The molecule has 0 bridgehead atoms. The maximum absolute atomic E-state index is 13.9. The number of rotatable bonds is 4. The van der Waals surface area contributed by atoms with Gasteiger partial charge in [-0.1, -0.05) is 24.3 Å². The van der Waals surface area contributed by atoms with Crippen molar-refractivity contribution in [2.24, 2.45) is 11.8 Å². The van der Waals surface area contributed by atoms with Gasteiger partial charge in [-0.15, -0.1) is 0 Å². The number of nitrogens with zero attached hydrogens (tertiary/aromatic N) is 2. The van der Waals surface area contributed by atoms with Crippen LogP contribution in [0.2, 0.25) is 0 Å². The summed E-state index contributed by atoms with van der Waals surface area (Å²) in [5, 5.41) is 9.67. The van der Waals surface area contributed by atoms with Crippen LogP contribution in [0.15, 0.2) is 48.6 Å². The second-order valence-electron chi connectivity index (χ2n) is 8.53. The molecule has 4 aliphatic rings. The Morgan fingerprint density at radius 2 is 1.94 bits per heavy atom. The maximum atomic E-state index is 13.9. The van der Waals surface area contributed by atoms with Gasteiger partial charge in [-0.3, -0.25) is 14.4 Å². The van der Waals surface area contributed by atoms with E-state index in [1.54, 1.807) is 54.5 Å². The van der Waals surface area contributed by atoms with E-state index in [0.717, 1.165) is 0 Å². The predicted molar refractivity (Wildman–Crippen MR) is 116 cm³/mol. The highest BCUT2D eigenvalue weighted by Crippen LogP contribution is 2.53. The fourth-order valence-electron chi connectivity index (χ4n) is 5.45. The summed E-state index contributed by atoms with van der Waals surface area (Å²) in [4.78, 5) is 43.4. The lowest BCUT2D eigenvalue weighted by Crippen LogP contribution is -2.55. The highest BCUT2D eigenvalue weighted by atomic mass is 16.6. The SMILES string of the molecule is COc1ccc(N2CC=C[C@]34O[C@@H]5C=CCCOC(=O)[C@@H]5[C@H]3C(=O)N(CCO)C4C2=O)cc1. The van der Waals surface area contributed by atoms with Crippen molar-refractivity contribution >= 4 is 23.5 Å². The van der Waals surface area contributed by atoms with Gasteiger partial charge in [-0.25, -0.2) is 0 Å². The van der Waals surface area contributed by atoms with E-state index in [2.05, 4.69) is 0 Å². The van der Waals surface area contributed by atoms with Gasteiger partial charge in [0.1, 0.15) is 23.3 Å². The number of aliphatic hydroxyl groups is 1. The van der Waals surface area contributed by atoms with E-state index in [1.807, 2.05) is 6.08 Å². The van der Waals surface area contributed by atoms with Crippen LogP contribution >= 0.6 is 0 Å². The van der Waals surface area contributed by atoms with Crippen LogP contribution in [-0.2, 0) is 23.9 Å². The quantitative estimate of drug-likeness (QED) is 0.527. The van der Waals surface area contributed by atoms with E-state index < -0.39 is 35.6 Å².